The molecule has 2 aromatic rings. The number of benzene rings is 1. The summed E-state index contributed by atoms with van der Waals surface area (Å²) in [6.07, 6.45) is 0. The molecule has 0 atom stereocenters. The van der Waals surface area contributed by atoms with Crippen LogP contribution >= 0.6 is 0 Å². The van der Waals surface area contributed by atoms with Gasteiger partial charge in [-0.05, 0) is 17.7 Å². The van der Waals surface area contributed by atoms with Gasteiger partial charge in [-0.25, -0.2) is 9.48 Å². The summed E-state index contributed by atoms with van der Waals surface area (Å²) in [6, 6.07) is 9.18. The van der Waals surface area contributed by atoms with Gasteiger partial charge in [0.15, 0.2) is 5.69 Å². The molecule has 1 aromatic carbocycles. The molecule has 1 aromatic heterocycles. The Morgan fingerprint density at radius 2 is 1.95 bits per heavy atom. The lowest BCUT2D eigenvalue weighted by atomic mass is 9.90. The molecule has 0 fully saturated rings. The topological polar surface area (TPSA) is 80.8 Å². The Kier molecular flexibility index (Phi) is 4.27. The van der Waals surface area contributed by atoms with Crippen molar-refractivity contribution in [2.75, 3.05) is 7.11 Å². The number of rotatable bonds is 3. The third-order valence-corrected chi connectivity index (χ3v) is 3.26. The van der Waals surface area contributed by atoms with Gasteiger partial charge in [-0.15, -0.1) is 5.10 Å². The molecule has 0 saturated heterocycles. The smallest absolute Gasteiger partial charge is 0.337 e. The van der Waals surface area contributed by atoms with Crippen molar-refractivity contribution < 1.29 is 9.53 Å². The number of aromatic nitrogens is 3. The fourth-order valence-corrected chi connectivity index (χ4v) is 2.28. The molecule has 6 nitrogen and oxygen atoms in total. The average Bonchev–Trinajstić information content (AvgIpc) is 2.90. The Hall–Kier alpha value is -2.68. The van der Waals surface area contributed by atoms with Crippen LogP contribution < -0.4 is 0 Å². The van der Waals surface area contributed by atoms with E-state index in [0.29, 0.717) is 17.8 Å². The maximum absolute atomic E-state index is 11.4. The Morgan fingerprint density at radius 1 is 1.32 bits per heavy atom. The second kappa shape index (κ2) is 5.98. The maximum atomic E-state index is 11.4. The van der Waals surface area contributed by atoms with Crippen molar-refractivity contribution in [3.63, 3.8) is 0 Å². The Labute approximate surface area is 129 Å². The van der Waals surface area contributed by atoms with Crippen molar-refractivity contribution in [2.45, 2.75) is 32.7 Å². The van der Waals surface area contributed by atoms with Crippen molar-refractivity contribution in [2.24, 2.45) is 0 Å². The van der Waals surface area contributed by atoms with Gasteiger partial charge in [0.1, 0.15) is 6.07 Å². The van der Waals surface area contributed by atoms with E-state index in [1.165, 1.54) is 7.11 Å². The van der Waals surface area contributed by atoms with Crippen molar-refractivity contribution in [1.82, 2.24) is 15.0 Å². The van der Waals surface area contributed by atoms with Crippen molar-refractivity contribution >= 4 is 5.97 Å². The number of methoxy groups -OCH3 is 1. The number of ether oxygens (including phenoxy) is 1. The van der Waals surface area contributed by atoms with Gasteiger partial charge < -0.3 is 4.74 Å². The van der Waals surface area contributed by atoms with Crippen LogP contribution in [0.15, 0.2) is 24.3 Å². The average molecular weight is 298 g/mol. The van der Waals surface area contributed by atoms with Crippen LogP contribution in [0.2, 0.25) is 0 Å². The van der Waals surface area contributed by atoms with Crippen LogP contribution in [-0.2, 0) is 16.7 Å². The van der Waals surface area contributed by atoms with E-state index in [1.54, 1.807) is 16.8 Å². The number of carbonyl (C=O) groups is 1. The van der Waals surface area contributed by atoms with Crippen LogP contribution in [0.1, 0.15) is 48.1 Å². The molecule has 22 heavy (non-hydrogen) atoms. The SMILES string of the molecule is COC(=O)c1ccc(Cn2nnc(C#N)c2C(C)(C)C)cc1. The standard InChI is InChI=1S/C16H18N4O2/c1-16(2,3)14-13(9-17)18-19-20(14)10-11-5-7-12(8-6-11)15(21)22-4/h5-8H,10H2,1-4H3. The molecule has 0 aliphatic heterocycles. The first-order valence-electron chi connectivity index (χ1n) is 6.88. The molecule has 0 aliphatic carbocycles. The van der Waals surface area contributed by atoms with Crippen LogP contribution in [0.5, 0.6) is 0 Å². The quantitative estimate of drug-likeness (QED) is 0.812. The van der Waals surface area contributed by atoms with E-state index in [2.05, 4.69) is 21.1 Å². The molecule has 0 unspecified atom stereocenters. The fraction of sp³-hybridized carbons (Fsp3) is 0.375. The third-order valence-electron chi connectivity index (χ3n) is 3.26. The molecule has 0 amide bonds. The Balaban J connectivity index is 2.30. The van der Waals surface area contributed by atoms with Crippen LogP contribution in [0.25, 0.3) is 0 Å². The lowest BCUT2D eigenvalue weighted by Crippen LogP contribution is -2.20. The Morgan fingerprint density at radius 3 is 2.45 bits per heavy atom. The van der Waals surface area contributed by atoms with Crippen LogP contribution in [0.3, 0.4) is 0 Å². The minimum absolute atomic E-state index is 0.236. The van der Waals surface area contributed by atoms with Crippen LogP contribution in [0, 0.1) is 11.3 Å². The second-order valence-corrected chi connectivity index (χ2v) is 5.99. The number of nitrogens with zero attached hydrogens (tertiary/aromatic N) is 4. The molecule has 0 saturated carbocycles. The summed E-state index contributed by atoms with van der Waals surface area (Å²) in [7, 11) is 1.35. The van der Waals surface area contributed by atoms with Crippen molar-refractivity contribution in [3.05, 3.63) is 46.8 Å². The number of nitriles is 1. The lowest BCUT2D eigenvalue weighted by Gasteiger charge is -2.19. The van der Waals surface area contributed by atoms with E-state index < -0.39 is 0 Å². The summed E-state index contributed by atoms with van der Waals surface area (Å²) < 4.78 is 6.40. The van der Waals surface area contributed by atoms with E-state index in [4.69, 9.17) is 5.26 Å². The van der Waals surface area contributed by atoms with E-state index in [9.17, 15) is 4.79 Å². The summed E-state index contributed by atoms with van der Waals surface area (Å²) >= 11 is 0. The predicted molar refractivity (Wildman–Crippen MR) is 80.3 cm³/mol. The van der Waals surface area contributed by atoms with Gasteiger partial charge in [0, 0.05) is 5.41 Å². The molecule has 0 bridgehead atoms. The lowest BCUT2D eigenvalue weighted by molar-refractivity contribution is 0.0600. The second-order valence-electron chi connectivity index (χ2n) is 5.99. The predicted octanol–water partition coefficient (Wildman–Crippen LogP) is 2.28. The first-order valence-corrected chi connectivity index (χ1v) is 6.88. The highest BCUT2D eigenvalue weighted by molar-refractivity contribution is 5.89. The monoisotopic (exact) mass is 298 g/mol. The summed E-state index contributed by atoms with van der Waals surface area (Å²) in [5.41, 5.74) is 2.37. The maximum Gasteiger partial charge on any atom is 0.337 e. The van der Waals surface area contributed by atoms with E-state index in [-0.39, 0.29) is 11.4 Å². The van der Waals surface area contributed by atoms with Crippen LogP contribution in [-0.4, -0.2) is 28.1 Å². The van der Waals surface area contributed by atoms with Gasteiger partial charge in [0.25, 0.3) is 0 Å². The minimum Gasteiger partial charge on any atom is -0.465 e. The van der Waals surface area contributed by atoms with Gasteiger partial charge in [-0.2, -0.15) is 5.26 Å². The zero-order chi connectivity index (χ0) is 16.3. The molecule has 1 heterocycles. The van der Waals surface area contributed by atoms with Gasteiger partial charge in [-0.1, -0.05) is 38.1 Å². The number of hydrogen-bond donors (Lipinski definition) is 0. The first-order chi connectivity index (χ1) is 10.4. The van der Waals surface area contributed by atoms with Gasteiger partial charge in [0.05, 0.1) is 24.9 Å². The highest BCUT2D eigenvalue weighted by atomic mass is 16.5. The molecule has 6 heteroatoms. The summed E-state index contributed by atoms with van der Waals surface area (Å²) in [5, 5.41) is 17.2. The normalized spacial score (nSPS) is 11.0. The summed E-state index contributed by atoms with van der Waals surface area (Å²) in [4.78, 5) is 11.4. The number of carbonyl (C=O) groups excluding carboxylic acids is 1. The van der Waals surface area contributed by atoms with Gasteiger partial charge in [-0.3, -0.25) is 0 Å². The molecule has 0 aliphatic rings. The molecule has 0 N–H and O–H groups in total. The van der Waals surface area contributed by atoms with Gasteiger partial charge in [0.2, 0.25) is 0 Å². The largest absolute Gasteiger partial charge is 0.465 e. The number of esters is 1. The third kappa shape index (κ3) is 3.14. The van der Waals surface area contributed by atoms with E-state index in [1.807, 2.05) is 32.9 Å². The zero-order valence-corrected chi connectivity index (χ0v) is 13.1. The molecule has 114 valence electrons. The van der Waals surface area contributed by atoms with Crippen molar-refractivity contribution in [1.29, 1.82) is 5.26 Å². The highest BCUT2D eigenvalue weighted by Gasteiger charge is 2.25. The molecular weight excluding hydrogens is 280 g/mol. The Bertz CT molecular complexity index is 718. The minimum atomic E-state index is -0.366. The molecule has 0 radical (unpaired) electrons. The van der Waals surface area contributed by atoms with Crippen LogP contribution in [0.4, 0.5) is 0 Å². The zero-order valence-electron chi connectivity index (χ0n) is 13.1. The van der Waals surface area contributed by atoms with E-state index >= 15 is 0 Å². The molecular formula is C16H18N4O2. The summed E-state index contributed by atoms with van der Waals surface area (Å²) in [5.74, 6) is -0.366. The fourth-order valence-electron chi connectivity index (χ4n) is 2.28. The number of hydrogen-bond acceptors (Lipinski definition) is 5. The van der Waals surface area contributed by atoms with E-state index in [0.717, 1.165) is 11.3 Å². The highest BCUT2D eigenvalue weighted by Crippen LogP contribution is 2.24. The van der Waals surface area contributed by atoms with Gasteiger partial charge >= 0.3 is 5.97 Å². The molecule has 0 spiro atoms. The molecule has 2 rings (SSSR count). The summed E-state index contributed by atoms with van der Waals surface area (Å²) in [6.45, 7) is 6.54. The van der Waals surface area contributed by atoms with Crippen molar-refractivity contribution in [3.8, 4) is 6.07 Å². The first kappa shape index (κ1) is 15.7.